The molecular weight excluding hydrogens is 415 g/mol. The van der Waals surface area contributed by atoms with E-state index in [0.717, 1.165) is 6.07 Å². The fourth-order valence-corrected chi connectivity index (χ4v) is 3.25. The maximum absolute atomic E-state index is 12.6. The molecule has 0 amide bonds. The van der Waals surface area contributed by atoms with Gasteiger partial charge in [-0.15, -0.1) is 0 Å². The van der Waals surface area contributed by atoms with E-state index in [1.54, 1.807) is 41.8 Å². The van der Waals surface area contributed by atoms with Gasteiger partial charge in [-0.25, -0.2) is 4.79 Å². The smallest absolute Gasteiger partial charge is 0.341 e. The predicted molar refractivity (Wildman–Crippen MR) is 110 cm³/mol. The zero-order chi connectivity index (χ0) is 21.1. The van der Waals surface area contributed by atoms with Gasteiger partial charge in [0.05, 0.1) is 16.3 Å². The van der Waals surface area contributed by atoms with Crippen molar-refractivity contribution >= 4 is 29.2 Å². The summed E-state index contributed by atoms with van der Waals surface area (Å²) in [6.07, 6.45) is 0. The molecule has 0 atom stereocenters. The van der Waals surface area contributed by atoms with E-state index in [0.29, 0.717) is 22.9 Å². The van der Waals surface area contributed by atoms with Gasteiger partial charge in [0, 0.05) is 23.2 Å². The molecule has 0 radical (unpaired) electrons. The molecule has 29 heavy (non-hydrogen) atoms. The van der Waals surface area contributed by atoms with Crippen LogP contribution in [0.4, 0.5) is 0 Å². The third kappa shape index (κ3) is 4.11. The van der Waals surface area contributed by atoms with Gasteiger partial charge >= 0.3 is 5.97 Å². The average Bonchev–Trinajstić information content (AvgIpc) is 2.68. The van der Waals surface area contributed by atoms with Crippen LogP contribution in [-0.4, -0.2) is 15.6 Å². The Balaban J connectivity index is 2.27. The van der Waals surface area contributed by atoms with Gasteiger partial charge in [0.2, 0.25) is 11.3 Å². The summed E-state index contributed by atoms with van der Waals surface area (Å²) >= 11 is 12.0. The first-order chi connectivity index (χ1) is 13.8. The number of halogens is 2. The van der Waals surface area contributed by atoms with Crippen LogP contribution in [0.3, 0.4) is 0 Å². The van der Waals surface area contributed by atoms with Crippen molar-refractivity contribution in [2.24, 2.45) is 0 Å². The molecule has 8 heteroatoms. The quantitative estimate of drug-likeness (QED) is 0.602. The largest absolute Gasteiger partial charge is 0.477 e. The molecule has 1 N–H and O–H groups in total. The fraction of sp³-hybridized carbons (Fsp3) is 0.0952. The molecule has 6 nitrogen and oxygen atoms in total. The summed E-state index contributed by atoms with van der Waals surface area (Å²) in [7, 11) is 0. The highest BCUT2D eigenvalue weighted by Gasteiger charge is 2.23. The van der Waals surface area contributed by atoms with Gasteiger partial charge in [0.25, 0.3) is 0 Å². The molecule has 1 aromatic heterocycles. The van der Waals surface area contributed by atoms with Gasteiger partial charge in [0.1, 0.15) is 17.4 Å². The highest BCUT2D eigenvalue weighted by atomic mass is 35.5. The van der Waals surface area contributed by atoms with Crippen molar-refractivity contribution in [2.45, 2.75) is 13.5 Å². The number of rotatable bonds is 5. The van der Waals surface area contributed by atoms with Crippen molar-refractivity contribution in [3.05, 3.63) is 79.9 Å². The van der Waals surface area contributed by atoms with Crippen molar-refractivity contribution in [1.29, 1.82) is 5.26 Å². The Morgan fingerprint density at radius 2 is 1.86 bits per heavy atom. The summed E-state index contributed by atoms with van der Waals surface area (Å²) in [6.45, 7) is 2.11. The lowest BCUT2D eigenvalue weighted by atomic mass is 10.0. The van der Waals surface area contributed by atoms with Gasteiger partial charge in [0.15, 0.2) is 0 Å². The van der Waals surface area contributed by atoms with Crippen molar-refractivity contribution in [3.8, 4) is 29.0 Å². The zero-order valence-electron chi connectivity index (χ0n) is 15.1. The SMILES string of the molecule is CCn1c(Oc2ccc(Cl)cc2)cc(=O)c(C(=O)O)c1-c1ccc(C#N)c(Cl)c1. The van der Waals surface area contributed by atoms with Gasteiger partial charge in [-0.1, -0.05) is 29.3 Å². The lowest BCUT2D eigenvalue weighted by molar-refractivity contribution is 0.0695. The molecular formula is C21H14Cl2N2O4. The van der Waals surface area contributed by atoms with Crippen LogP contribution in [0.2, 0.25) is 10.0 Å². The van der Waals surface area contributed by atoms with Crippen LogP contribution in [0.5, 0.6) is 11.6 Å². The van der Waals surface area contributed by atoms with E-state index in [1.165, 1.54) is 12.1 Å². The lowest BCUT2D eigenvalue weighted by Crippen LogP contribution is -2.21. The molecule has 0 bridgehead atoms. The lowest BCUT2D eigenvalue weighted by Gasteiger charge is -2.19. The summed E-state index contributed by atoms with van der Waals surface area (Å²) in [5.74, 6) is -0.770. The monoisotopic (exact) mass is 428 g/mol. The highest BCUT2D eigenvalue weighted by Crippen LogP contribution is 2.32. The Labute approximate surface area is 176 Å². The molecule has 0 saturated carbocycles. The van der Waals surface area contributed by atoms with Crippen LogP contribution in [0.15, 0.2) is 53.3 Å². The van der Waals surface area contributed by atoms with Crippen LogP contribution in [0, 0.1) is 11.3 Å². The maximum atomic E-state index is 12.6. The number of nitrogens with zero attached hydrogens (tertiary/aromatic N) is 2. The average molecular weight is 429 g/mol. The minimum absolute atomic E-state index is 0.142. The standard InChI is InChI=1S/C21H14Cl2N2O4/c1-2-25-18(29-15-7-5-14(22)6-8-15)10-17(26)19(21(27)28)20(25)12-3-4-13(11-24)16(23)9-12/h3-10H,2H2,1H3,(H,27,28). The number of carbonyl (C=O) groups is 1. The molecule has 3 aromatic rings. The molecule has 0 aliphatic heterocycles. The Morgan fingerprint density at radius 3 is 2.41 bits per heavy atom. The molecule has 0 fully saturated rings. The molecule has 0 aliphatic rings. The number of aromatic nitrogens is 1. The second-order valence-corrected chi connectivity index (χ2v) is 6.83. The van der Waals surface area contributed by atoms with Crippen LogP contribution < -0.4 is 10.2 Å². The second-order valence-electron chi connectivity index (χ2n) is 5.98. The Morgan fingerprint density at radius 1 is 1.17 bits per heavy atom. The summed E-state index contributed by atoms with van der Waals surface area (Å²) in [5, 5.41) is 19.4. The Hall–Kier alpha value is -3.27. The summed E-state index contributed by atoms with van der Waals surface area (Å²) < 4.78 is 7.40. The summed E-state index contributed by atoms with van der Waals surface area (Å²) in [5.41, 5.74) is -0.348. The van der Waals surface area contributed by atoms with Gasteiger partial charge in [-0.3, -0.25) is 4.79 Å². The van der Waals surface area contributed by atoms with Crippen LogP contribution in [-0.2, 0) is 6.54 Å². The molecule has 3 rings (SSSR count). The fourth-order valence-electron chi connectivity index (χ4n) is 2.91. The topological polar surface area (TPSA) is 92.3 Å². The number of hydrogen-bond donors (Lipinski definition) is 1. The van der Waals surface area contributed by atoms with Gasteiger partial charge < -0.3 is 14.4 Å². The molecule has 0 aliphatic carbocycles. The summed E-state index contributed by atoms with van der Waals surface area (Å²) in [4.78, 5) is 24.5. The predicted octanol–water partition coefficient (Wildman–Crippen LogP) is 5.20. The van der Waals surface area contributed by atoms with E-state index in [1.807, 2.05) is 6.07 Å². The molecule has 0 saturated heterocycles. The van der Waals surface area contributed by atoms with E-state index in [9.17, 15) is 14.7 Å². The first-order valence-electron chi connectivity index (χ1n) is 8.50. The zero-order valence-corrected chi connectivity index (χ0v) is 16.7. The number of hydrogen-bond acceptors (Lipinski definition) is 4. The molecule has 2 aromatic carbocycles. The van der Waals surface area contributed by atoms with Gasteiger partial charge in [-0.2, -0.15) is 5.26 Å². The number of ether oxygens (including phenoxy) is 1. The summed E-state index contributed by atoms with van der Waals surface area (Å²) in [6, 6.07) is 14.1. The van der Waals surface area contributed by atoms with E-state index >= 15 is 0 Å². The molecule has 0 spiro atoms. The van der Waals surface area contributed by atoms with E-state index < -0.39 is 17.0 Å². The van der Waals surface area contributed by atoms with E-state index in [2.05, 4.69) is 0 Å². The minimum Gasteiger partial charge on any atom is -0.477 e. The molecule has 1 heterocycles. The van der Waals surface area contributed by atoms with Crippen molar-refractivity contribution in [2.75, 3.05) is 0 Å². The van der Waals surface area contributed by atoms with E-state index in [4.69, 9.17) is 33.2 Å². The minimum atomic E-state index is -1.37. The van der Waals surface area contributed by atoms with Crippen LogP contribution in [0.1, 0.15) is 22.8 Å². The Kier molecular flexibility index (Phi) is 5.92. The molecule has 0 unspecified atom stereocenters. The third-order valence-electron chi connectivity index (χ3n) is 4.20. The Bertz CT molecular complexity index is 1200. The highest BCUT2D eigenvalue weighted by molar-refractivity contribution is 6.32. The third-order valence-corrected chi connectivity index (χ3v) is 4.77. The number of nitriles is 1. The first kappa shape index (κ1) is 20.5. The first-order valence-corrected chi connectivity index (χ1v) is 9.25. The number of carboxylic acid groups (broad SMARTS) is 1. The van der Waals surface area contributed by atoms with Crippen molar-refractivity contribution in [1.82, 2.24) is 4.57 Å². The van der Waals surface area contributed by atoms with E-state index in [-0.39, 0.29) is 22.2 Å². The van der Waals surface area contributed by atoms with Gasteiger partial charge in [-0.05, 0) is 43.3 Å². The van der Waals surface area contributed by atoms with Crippen LogP contribution >= 0.6 is 23.2 Å². The normalized spacial score (nSPS) is 10.4. The van der Waals surface area contributed by atoms with Crippen LogP contribution in [0.25, 0.3) is 11.3 Å². The number of benzene rings is 2. The van der Waals surface area contributed by atoms with Crippen molar-refractivity contribution < 1.29 is 14.6 Å². The number of aromatic carboxylic acids is 1. The second kappa shape index (κ2) is 8.39. The maximum Gasteiger partial charge on any atom is 0.341 e. The van der Waals surface area contributed by atoms with Crippen molar-refractivity contribution in [3.63, 3.8) is 0 Å². The number of pyridine rings is 1. The molecule has 146 valence electrons. The number of carboxylic acids is 1.